The van der Waals surface area contributed by atoms with Gasteiger partial charge in [0, 0.05) is 30.5 Å². The van der Waals surface area contributed by atoms with Crippen LogP contribution in [0.4, 0.5) is 23.7 Å². The number of thiazole rings is 1. The smallest absolute Gasteiger partial charge is 0.416 e. The van der Waals surface area contributed by atoms with Crippen LogP contribution in [0.3, 0.4) is 0 Å². The average Bonchev–Trinajstić information content (AvgIpc) is 3.95. The lowest BCUT2D eigenvalue weighted by molar-refractivity contribution is -0.140. The number of carbonyl (C=O) groups excluding carboxylic acids is 4. The lowest BCUT2D eigenvalue weighted by Crippen LogP contribution is -2.54. The highest BCUT2D eigenvalue weighted by molar-refractivity contribution is 7.91. The number of benzene rings is 1. The number of sulfonamides is 1. The van der Waals surface area contributed by atoms with Crippen LogP contribution < -0.4 is 15.4 Å². The first kappa shape index (κ1) is 36.8. The van der Waals surface area contributed by atoms with E-state index in [-0.39, 0.29) is 36.4 Å². The standard InChI is InChI=1S/C34H40F3N5O7S2/c1-3-21-18-50-29(38-21)24-12-9-19(34(35,36)37)14-27(24)39-32(46)49-22-15-25-26(16-22)30(44)42(2)13-7-5-4-6-8-20-17-33(20,40-28(25)43)31(45)41-51(47,48)23-10-11-23/h6,8-9,12,14,18,20,22-23,25-26H,3-5,7,10-11,13,15-17H2,1-2H3,(H,39,46)(H,40,43)(H,41,45)/b8-6-/t20-,22-,25-,26-,33-/m1/s1. The Balaban J connectivity index is 1.22. The second-order valence-electron chi connectivity index (χ2n) is 13.7. The van der Waals surface area contributed by atoms with Crippen molar-refractivity contribution in [2.45, 2.75) is 87.8 Å². The number of nitrogens with one attached hydrogen (secondary N) is 3. The van der Waals surface area contributed by atoms with E-state index in [2.05, 4.69) is 20.3 Å². The molecule has 3 N–H and O–H groups in total. The first-order chi connectivity index (χ1) is 24.1. The predicted octanol–water partition coefficient (Wildman–Crippen LogP) is 5.02. The lowest BCUT2D eigenvalue weighted by atomic mass is 9.93. The molecule has 0 bridgehead atoms. The Kier molecular flexibility index (Phi) is 10.2. The Morgan fingerprint density at radius 1 is 1.16 bits per heavy atom. The zero-order valence-corrected chi connectivity index (χ0v) is 29.8. The minimum atomic E-state index is -4.69. The molecule has 1 aliphatic heterocycles. The summed E-state index contributed by atoms with van der Waals surface area (Å²) in [5.74, 6) is -4.28. The molecule has 3 fully saturated rings. The highest BCUT2D eigenvalue weighted by Gasteiger charge is 2.62. The first-order valence-corrected chi connectivity index (χ1v) is 19.5. The zero-order chi connectivity index (χ0) is 36.7. The van der Waals surface area contributed by atoms with Crippen LogP contribution in [0.2, 0.25) is 0 Å². The summed E-state index contributed by atoms with van der Waals surface area (Å²) in [6.07, 6.45) is 0.564. The van der Waals surface area contributed by atoms with Crippen LogP contribution in [0.1, 0.15) is 69.5 Å². The number of anilines is 1. The van der Waals surface area contributed by atoms with Gasteiger partial charge in [0.2, 0.25) is 21.8 Å². The van der Waals surface area contributed by atoms with Gasteiger partial charge in [0.25, 0.3) is 5.91 Å². The molecule has 0 spiro atoms. The molecule has 1 aromatic heterocycles. The van der Waals surface area contributed by atoms with Gasteiger partial charge in [0.1, 0.15) is 16.7 Å². The van der Waals surface area contributed by atoms with E-state index in [1.165, 1.54) is 22.3 Å². The molecule has 1 aromatic carbocycles. The maximum absolute atomic E-state index is 14.0. The van der Waals surface area contributed by atoms with Crippen LogP contribution in [0.15, 0.2) is 35.7 Å². The summed E-state index contributed by atoms with van der Waals surface area (Å²) >= 11 is 1.22. The predicted molar refractivity (Wildman–Crippen MR) is 182 cm³/mol. The molecule has 4 amide bonds. The largest absolute Gasteiger partial charge is 0.446 e. The van der Waals surface area contributed by atoms with Crippen molar-refractivity contribution >= 4 is 50.9 Å². The third kappa shape index (κ3) is 8.08. The third-order valence-electron chi connectivity index (χ3n) is 10.00. The van der Waals surface area contributed by atoms with Gasteiger partial charge >= 0.3 is 12.3 Å². The molecule has 3 saturated carbocycles. The summed E-state index contributed by atoms with van der Waals surface area (Å²) in [5, 5.41) is 6.72. The van der Waals surface area contributed by atoms with Gasteiger partial charge in [-0.05, 0) is 76.0 Å². The Morgan fingerprint density at radius 3 is 2.59 bits per heavy atom. The minimum absolute atomic E-state index is 0.0466. The molecule has 17 heteroatoms. The molecule has 51 heavy (non-hydrogen) atoms. The van der Waals surface area contributed by atoms with E-state index in [4.69, 9.17) is 4.74 Å². The SMILES string of the molecule is CCc1csc(-c2ccc(C(F)(F)F)cc2NC(=O)O[C@@H]2C[C@H]3C(=O)N[C@]4(C(=O)NS(=O)(=O)C5CC5)C[C@H]4/C=C\CCCCN(C)C(=O)[C@@H]3C2)n1. The molecular weight excluding hydrogens is 712 g/mol. The Labute approximate surface area is 297 Å². The average molecular weight is 752 g/mol. The van der Waals surface area contributed by atoms with Gasteiger partial charge in [0.15, 0.2) is 0 Å². The maximum atomic E-state index is 14.0. The molecule has 276 valence electrons. The van der Waals surface area contributed by atoms with E-state index in [0.717, 1.165) is 24.2 Å². The molecule has 0 saturated heterocycles. The van der Waals surface area contributed by atoms with Crippen LogP contribution in [0.25, 0.3) is 10.6 Å². The summed E-state index contributed by atoms with van der Waals surface area (Å²) in [6.45, 7) is 2.31. The number of aromatic nitrogens is 1. The summed E-state index contributed by atoms with van der Waals surface area (Å²) < 4.78 is 74.1. The van der Waals surface area contributed by atoms with Crippen molar-refractivity contribution in [2.24, 2.45) is 17.8 Å². The van der Waals surface area contributed by atoms with Crippen LogP contribution in [-0.4, -0.2) is 72.6 Å². The molecular formula is C34H40F3N5O7S2. The van der Waals surface area contributed by atoms with E-state index >= 15 is 0 Å². The van der Waals surface area contributed by atoms with Gasteiger partial charge in [0.05, 0.1) is 34.0 Å². The molecule has 2 aromatic rings. The van der Waals surface area contributed by atoms with Crippen molar-refractivity contribution in [3.63, 3.8) is 0 Å². The van der Waals surface area contributed by atoms with Crippen LogP contribution in [0, 0.1) is 17.8 Å². The normalized spacial score (nSPS) is 27.7. The Bertz CT molecular complexity index is 1840. The summed E-state index contributed by atoms with van der Waals surface area (Å²) in [4.78, 5) is 60.3. The van der Waals surface area contributed by atoms with E-state index < -0.39 is 74.3 Å². The molecule has 0 unspecified atom stereocenters. The maximum Gasteiger partial charge on any atom is 0.416 e. The Hall–Kier alpha value is -3.99. The number of hydrogen-bond acceptors (Lipinski definition) is 9. The molecule has 12 nitrogen and oxygen atoms in total. The van der Waals surface area contributed by atoms with Gasteiger partial charge in [-0.2, -0.15) is 13.2 Å². The monoisotopic (exact) mass is 751 g/mol. The topological polar surface area (TPSA) is 164 Å². The van der Waals surface area contributed by atoms with Gasteiger partial charge in [-0.15, -0.1) is 11.3 Å². The van der Waals surface area contributed by atoms with E-state index in [1.807, 2.05) is 19.1 Å². The van der Waals surface area contributed by atoms with Crippen molar-refractivity contribution in [3.05, 3.63) is 47.0 Å². The van der Waals surface area contributed by atoms with Gasteiger partial charge in [-0.25, -0.2) is 18.2 Å². The fourth-order valence-corrected chi connectivity index (χ4v) is 9.09. The van der Waals surface area contributed by atoms with Crippen molar-refractivity contribution in [3.8, 4) is 10.6 Å². The molecule has 5 atom stereocenters. The number of fused-ring (bicyclic) bond motifs is 2. The Morgan fingerprint density at radius 2 is 1.90 bits per heavy atom. The van der Waals surface area contributed by atoms with Gasteiger partial charge < -0.3 is 15.0 Å². The number of rotatable bonds is 7. The van der Waals surface area contributed by atoms with Crippen LogP contribution in [0.5, 0.6) is 0 Å². The fraction of sp³-hybridized carbons (Fsp3) is 0.559. The second-order valence-corrected chi connectivity index (χ2v) is 16.5. The number of nitrogens with zero attached hydrogens (tertiary/aromatic N) is 2. The highest BCUT2D eigenvalue weighted by Crippen LogP contribution is 2.47. The van der Waals surface area contributed by atoms with Crippen LogP contribution in [-0.2, 0) is 41.7 Å². The zero-order valence-electron chi connectivity index (χ0n) is 28.1. The van der Waals surface area contributed by atoms with Gasteiger partial charge in [-0.3, -0.25) is 24.4 Å². The molecule has 6 rings (SSSR count). The molecule has 4 aliphatic rings. The number of carbonyl (C=O) groups is 4. The van der Waals surface area contributed by atoms with Crippen molar-refractivity contribution < 1.29 is 45.5 Å². The van der Waals surface area contributed by atoms with E-state index in [0.29, 0.717) is 43.7 Å². The van der Waals surface area contributed by atoms with Gasteiger partial charge in [-0.1, -0.05) is 19.1 Å². The van der Waals surface area contributed by atoms with Crippen LogP contribution >= 0.6 is 11.3 Å². The highest BCUT2D eigenvalue weighted by atomic mass is 32.2. The number of alkyl halides is 3. The number of ether oxygens (including phenoxy) is 1. The summed E-state index contributed by atoms with van der Waals surface area (Å²) in [7, 11) is -2.29. The number of aryl methyl sites for hydroxylation is 1. The lowest BCUT2D eigenvalue weighted by Gasteiger charge is -2.26. The quantitative estimate of drug-likeness (QED) is 0.333. The third-order valence-corrected chi connectivity index (χ3v) is 12.7. The number of hydrogen-bond donors (Lipinski definition) is 3. The fourth-order valence-electron chi connectivity index (χ4n) is 6.79. The summed E-state index contributed by atoms with van der Waals surface area (Å²) in [5.41, 5.74) is -1.68. The number of halogens is 3. The minimum Gasteiger partial charge on any atom is -0.446 e. The van der Waals surface area contributed by atoms with E-state index in [9.17, 15) is 40.8 Å². The van der Waals surface area contributed by atoms with Crippen molar-refractivity contribution in [1.82, 2.24) is 19.9 Å². The number of allylic oxidation sites excluding steroid dienone is 1. The summed E-state index contributed by atoms with van der Waals surface area (Å²) in [6, 6.07) is 2.94. The van der Waals surface area contributed by atoms with Crippen molar-refractivity contribution in [2.75, 3.05) is 18.9 Å². The molecule has 3 aliphatic carbocycles. The molecule has 0 radical (unpaired) electrons. The van der Waals surface area contributed by atoms with E-state index in [1.54, 1.807) is 12.4 Å². The second kappa shape index (κ2) is 14.2. The number of amides is 4. The van der Waals surface area contributed by atoms with Crippen molar-refractivity contribution in [1.29, 1.82) is 0 Å². The first-order valence-electron chi connectivity index (χ1n) is 17.0. The molecule has 2 heterocycles.